The molecule has 1 saturated carbocycles. The van der Waals surface area contributed by atoms with Crippen molar-refractivity contribution in [2.75, 3.05) is 13.2 Å². The molecule has 1 saturated heterocycles. The molecule has 1 heterocycles. The van der Waals surface area contributed by atoms with Crippen molar-refractivity contribution in [1.82, 2.24) is 4.90 Å². The zero-order valence-electron chi connectivity index (χ0n) is 8.35. The molecule has 0 aromatic carbocycles. The maximum Gasteiger partial charge on any atom is 0.410 e. The number of carbonyl (C=O) groups is 1. The van der Waals surface area contributed by atoms with E-state index in [4.69, 9.17) is 4.74 Å². The molecule has 14 heavy (non-hydrogen) atoms. The summed E-state index contributed by atoms with van der Waals surface area (Å²) in [7, 11) is 0. The topological polar surface area (TPSA) is 29.5 Å². The Hall–Kier alpha value is -0.990. The molecule has 3 rings (SSSR count). The van der Waals surface area contributed by atoms with Crippen LogP contribution in [0.1, 0.15) is 13.3 Å². The Kier molecular flexibility index (Phi) is 1.64. The number of carbonyl (C=O) groups excluding carboxylic acids is 1. The maximum absolute atomic E-state index is 11.5. The lowest BCUT2D eigenvalue weighted by Gasteiger charge is -2.31. The number of fused-ring (bicyclic) bond motifs is 2. The van der Waals surface area contributed by atoms with Crippen LogP contribution in [0.25, 0.3) is 0 Å². The van der Waals surface area contributed by atoms with Crippen molar-refractivity contribution in [2.45, 2.75) is 19.4 Å². The highest BCUT2D eigenvalue weighted by atomic mass is 16.6. The van der Waals surface area contributed by atoms with Gasteiger partial charge in [-0.05, 0) is 24.2 Å². The van der Waals surface area contributed by atoms with Crippen molar-refractivity contribution in [2.24, 2.45) is 17.8 Å². The van der Waals surface area contributed by atoms with Crippen molar-refractivity contribution in [1.29, 1.82) is 0 Å². The fourth-order valence-electron chi connectivity index (χ4n) is 3.23. The first-order chi connectivity index (χ1) is 6.77. The second-order valence-electron chi connectivity index (χ2n) is 4.61. The van der Waals surface area contributed by atoms with Crippen molar-refractivity contribution >= 4 is 6.09 Å². The van der Waals surface area contributed by atoms with E-state index in [1.165, 1.54) is 6.42 Å². The lowest BCUT2D eigenvalue weighted by Crippen LogP contribution is -2.42. The third kappa shape index (κ3) is 0.954. The van der Waals surface area contributed by atoms with Gasteiger partial charge in [-0.3, -0.25) is 0 Å². The highest BCUT2D eigenvalue weighted by molar-refractivity contribution is 5.70. The van der Waals surface area contributed by atoms with Crippen LogP contribution in [0.3, 0.4) is 0 Å². The standard InChI is InChI=1S/C11H15NO2/c1-7-8-2-3-9(6-8)10(7)12-4-5-14-11(12)13/h2-3,7-10H,4-6H2,1H3/t7-,8+,9-,10+/m1/s1. The van der Waals surface area contributed by atoms with Crippen LogP contribution in [0.5, 0.6) is 0 Å². The summed E-state index contributed by atoms with van der Waals surface area (Å²) in [4.78, 5) is 13.4. The van der Waals surface area contributed by atoms with E-state index in [0.29, 0.717) is 30.4 Å². The molecule has 1 amide bonds. The molecule has 3 nitrogen and oxygen atoms in total. The van der Waals surface area contributed by atoms with E-state index in [-0.39, 0.29) is 6.09 Å². The first-order valence-electron chi connectivity index (χ1n) is 5.39. The SMILES string of the molecule is C[C@H]1[C@H](N2CCOC2=O)[C@@H]2C=C[C@H]1C2. The van der Waals surface area contributed by atoms with Gasteiger partial charge in [0.2, 0.25) is 0 Å². The van der Waals surface area contributed by atoms with Crippen LogP contribution < -0.4 is 0 Å². The Morgan fingerprint density at radius 1 is 1.43 bits per heavy atom. The van der Waals surface area contributed by atoms with Gasteiger partial charge < -0.3 is 9.64 Å². The smallest absolute Gasteiger partial charge is 0.410 e. The van der Waals surface area contributed by atoms with Crippen LogP contribution in [0.15, 0.2) is 12.2 Å². The summed E-state index contributed by atoms with van der Waals surface area (Å²) in [5, 5.41) is 0. The van der Waals surface area contributed by atoms with Crippen LogP contribution in [-0.4, -0.2) is 30.2 Å². The minimum Gasteiger partial charge on any atom is -0.448 e. The quantitative estimate of drug-likeness (QED) is 0.592. The van der Waals surface area contributed by atoms with Crippen LogP contribution in [0.2, 0.25) is 0 Å². The van der Waals surface area contributed by atoms with Crippen molar-refractivity contribution in [3.05, 3.63) is 12.2 Å². The average molecular weight is 193 g/mol. The normalized spacial score (nSPS) is 44.9. The number of rotatable bonds is 1. The Morgan fingerprint density at radius 3 is 2.79 bits per heavy atom. The molecular weight excluding hydrogens is 178 g/mol. The van der Waals surface area contributed by atoms with Gasteiger partial charge in [-0.1, -0.05) is 19.1 Å². The van der Waals surface area contributed by atoms with Gasteiger partial charge in [0.15, 0.2) is 0 Å². The molecule has 3 heteroatoms. The first-order valence-corrected chi connectivity index (χ1v) is 5.39. The first kappa shape index (κ1) is 8.33. The number of allylic oxidation sites excluding steroid dienone is 1. The molecule has 0 aromatic heterocycles. The lowest BCUT2D eigenvalue weighted by atomic mass is 9.90. The molecule has 0 N–H and O–H groups in total. The van der Waals surface area contributed by atoms with Crippen LogP contribution in [0, 0.1) is 17.8 Å². The molecule has 76 valence electrons. The van der Waals surface area contributed by atoms with Gasteiger partial charge in [0.1, 0.15) is 6.61 Å². The van der Waals surface area contributed by atoms with E-state index in [2.05, 4.69) is 19.1 Å². The fraction of sp³-hybridized carbons (Fsp3) is 0.727. The number of amides is 1. The zero-order chi connectivity index (χ0) is 9.71. The van der Waals surface area contributed by atoms with E-state index in [9.17, 15) is 4.79 Å². The predicted molar refractivity (Wildman–Crippen MR) is 51.7 cm³/mol. The highest BCUT2D eigenvalue weighted by Crippen LogP contribution is 2.46. The minimum absolute atomic E-state index is 0.109. The van der Waals surface area contributed by atoms with Crippen molar-refractivity contribution in [3.63, 3.8) is 0 Å². The summed E-state index contributed by atoms with van der Waals surface area (Å²) in [6, 6.07) is 0.403. The predicted octanol–water partition coefficient (Wildman–Crippen LogP) is 1.65. The monoisotopic (exact) mass is 193 g/mol. The number of hydrogen-bond donors (Lipinski definition) is 0. The fourth-order valence-corrected chi connectivity index (χ4v) is 3.23. The highest BCUT2D eigenvalue weighted by Gasteiger charge is 2.47. The summed E-state index contributed by atoms with van der Waals surface area (Å²) < 4.78 is 5.00. The summed E-state index contributed by atoms with van der Waals surface area (Å²) in [6.07, 6.45) is 5.71. The molecule has 0 aromatic rings. The second-order valence-corrected chi connectivity index (χ2v) is 4.61. The van der Waals surface area contributed by atoms with E-state index in [0.717, 1.165) is 6.54 Å². The van der Waals surface area contributed by atoms with Gasteiger partial charge >= 0.3 is 6.09 Å². The zero-order valence-corrected chi connectivity index (χ0v) is 8.35. The molecule has 1 aliphatic heterocycles. The number of ether oxygens (including phenoxy) is 1. The van der Waals surface area contributed by atoms with E-state index < -0.39 is 0 Å². The van der Waals surface area contributed by atoms with Gasteiger partial charge in [0, 0.05) is 6.04 Å². The van der Waals surface area contributed by atoms with Gasteiger partial charge in [0.05, 0.1) is 6.54 Å². The molecule has 3 aliphatic rings. The largest absolute Gasteiger partial charge is 0.448 e. The van der Waals surface area contributed by atoms with Gasteiger partial charge in [-0.15, -0.1) is 0 Å². The van der Waals surface area contributed by atoms with Crippen molar-refractivity contribution < 1.29 is 9.53 Å². The molecule has 0 unspecified atom stereocenters. The van der Waals surface area contributed by atoms with E-state index >= 15 is 0 Å². The van der Waals surface area contributed by atoms with Crippen LogP contribution >= 0.6 is 0 Å². The Bertz CT molecular complexity index is 300. The molecule has 0 spiro atoms. The summed E-state index contributed by atoms with van der Waals surface area (Å²) in [6.45, 7) is 3.61. The van der Waals surface area contributed by atoms with Crippen LogP contribution in [-0.2, 0) is 4.74 Å². The summed E-state index contributed by atoms with van der Waals surface area (Å²) >= 11 is 0. The third-order valence-corrected chi connectivity index (χ3v) is 3.95. The third-order valence-electron chi connectivity index (χ3n) is 3.95. The average Bonchev–Trinajstić information content (AvgIpc) is 2.81. The van der Waals surface area contributed by atoms with Crippen molar-refractivity contribution in [3.8, 4) is 0 Å². The summed E-state index contributed by atoms with van der Waals surface area (Å²) in [5.41, 5.74) is 0. The molecule has 2 fully saturated rings. The number of cyclic esters (lactones) is 1. The maximum atomic E-state index is 11.5. The van der Waals surface area contributed by atoms with Gasteiger partial charge in [-0.2, -0.15) is 0 Å². The second kappa shape index (κ2) is 2.75. The van der Waals surface area contributed by atoms with E-state index in [1.54, 1.807) is 0 Å². The van der Waals surface area contributed by atoms with Crippen LogP contribution in [0.4, 0.5) is 4.79 Å². The van der Waals surface area contributed by atoms with E-state index in [1.807, 2.05) is 4.90 Å². The number of hydrogen-bond acceptors (Lipinski definition) is 2. The number of nitrogens with zero attached hydrogens (tertiary/aromatic N) is 1. The van der Waals surface area contributed by atoms with Gasteiger partial charge in [0.25, 0.3) is 0 Å². The lowest BCUT2D eigenvalue weighted by molar-refractivity contribution is 0.132. The molecule has 2 aliphatic carbocycles. The molecule has 0 radical (unpaired) electrons. The Balaban J connectivity index is 1.85. The van der Waals surface area contributed by atoms with Gasteiger partial charge in [-0.25, -0.2) is 4.79 Å². The summed E-state index contributed by atoms with van der Waals surface area (Å²) in [5.74, 6) is 1.88. The Morgan fingerprint density at radius 2 is 2.21 bits per heavy atom. The molecule has 4 atom stereocenters. The Labute approximate surface area is 83.7 Å². The molecule has 2 bridgehead atoms. The minimum atomic E-state index is -0.109. The molecular formula is C11H15NO2.